The molecule has 0 saturated carbocycles. The smallest absolute Gasteiger partial charge is 0.323 e. The zero-order chi connectivity index (χ0) is 16.6. The van der Waals surface area contributed by atoms with Crippen molar-refractivity contribution in [2.24, 2.45) is 0 Å². The van der Waals surface area contributed by atoms with Gasteiger partial charge in [0.25, 0.3) is 0 Å². The second-order valence-electron chi connectivity index (χ2n) is 5.62. The van der Waals surface area contributed by atoms with Crippen LogP contribution in [-0.4, -0.2) is 29.9 Å². The van der Waals surface area contributed by atoms with Crippen LogP contribution in [0.15, 0.2) is 53.5 Å². The van der Waals surface area contributed by atoms with Crippen molar-refractivity contribution in [3.63, 3.8) is 0 Å². The fraction of sp³-hybridized carbons (Fsp3) is 0.222. The SMILES string of the molecule is C=CCC1CC(=O)N(c2cccc3c(Br)cccc23)C(=O)N1C. The molecule has 1 aliphatic rings. The number of nitrogens with zero attached hydrogens (tertiary/aromatic N) is 2. The molecule has 5 heteroatoms. The van der Waals surface area contributed by atoms with Crippen LogP contribution in [0.25, 0.3) is 10.8 Å². The minimum absolute atomic E-state index is 0.120. The summed E-state index contributed by atoms with van der Waals surface area (Å²) in [7, 11) is 1.73. The number of hydrogen-bond donors (Lipinski definition) is 0. The number of halogens is 1. The third-order valence-corrected chi connectivity index (χ3v) is 4.92. The molecule has 1 fully saturated rings. The minimum atomic E-state index is -0.291. The summed E-state index contributed by atoms with van der Waals surface area (Å²) in [5.41, 5.74) is 0.628. The molecule has 2 aromatic rings. The Bertz CT molecular complexity index is 803. The first-order valence-electron chi connectivity index (χ1n) is 7.42. The molecule has 1 heterocycles. The van der Waals surface area contributed by atoms with E-state index in [1.54, 1.807) is 18.0 Å². The monoisotopic (exact) mass is 372 g/mol. The van der Waals surface area contributed by atoms with Gasteiger partial charge in [0.05, 0.1) is 5.69 Å². The first-order valence-corrected chi connectivity index (χ1v) is 8.21. The normalized spacial score (nSPS) is 18.6. The zero-order valence-corrected chi connectivity index (χ0v) is 14.4. The maximum Gasteiger partial charge on any atom is 0.331 e. The van der Waals surface area contributed by atoms with Gasteiger partial charge in [-0.2, -0.15) is 0 Å². The van der Waals surface area contributed by atoms with Crippen LogP contribution in [0.3, 0.4) is 0 Å². The van der Waals surface area contributed by atoms with Crippen molar-refractivity contribution in [3.05, 3.63) is 53.5 Å². The summed E-state index contributed by atoms with van der Waals surface area (Å²) in [6, 6.07) is 11.0. The lowest BCUT2D eigenvalue weighted by atomic mass is 10.0. The predicted molar refractivity (Wildman–Crippen MR) is 95.5 cm³/mol. The van der Waals surface area contributed by atoms with E-state index in [-0.39, 0.29) is 18.0 Å². The van der Waals surface area contributed by atoms with E-state index in [0.29, 0.717) is 18.5 Å². The maximum absolute atomic E-state index is 12.7. The summed E-state index contributed by atoms with van der Waals surface area (Å²) in [5.74, 6) is -0.174. The number of imide groups is 1. The van der Waals surface area contributed by atoms with Crippen LogP contribution in [0, 0.1) is 0 Å². The van der Waals surface area contributed by atoms with Gasteiger partial charge in [0, 0.05) is 29.4 Å². The van der Waals surface area contributed by atoms with Gasteiger partial charge in [0.1, 0.15) is 0 Å². The molecule has 0 N–H and O–H groups in total. The van der Waals surface area contributed by atoms with Crippen LogP contribution in [0.5, 0.6) is 0 Å². The molecule has 0 bridgehead atoms. The minimum Gasteiger partial charge on any atom is -0.323 e. The third kappa shape index (κ3) is 2.65. The molecule has 1 saturated heterocycles. The summed E-state index contributed by atoms with van der Waals surface area (Å²) in [4.78, 5) is 28.2. The van der Waals surface area contributed by atoms with E-state index in [9.17, 15) is 9.59 Å². The fourth-order valence-corrected chi connectivity index (χ4v) is 3.47. The van der Waals surface area contributed by atoms with Crippen molar-refractivity contribution in [2.75, 3.05) is 11.9 Å². The van der Waals surface area contributed by atoms with Crippen LogP contribution < -0.4 is 4.90 Å². The van der Waals surface area contributed by atoms with Crippen LogP contribution in [0.1, 0.15) is 12.8 Å². The Kier molecular flexibility index (Phi) is 4.22. The molecule has 3 rings (SSSR count). The topological polar surface area (TPSA) is 40.6 Å². The lowest BCUT2D eigenvalue weighted by Gasteiger charge is -2.38. The van der Waals surface area contributed by atoms with Crippen molar-refractivity contribution < 1.29 is 9.59 Å². The van der Waals surface area contributed by atoms with Crippen LogP contribution in [0.4, 0.5) is 10.5 Å². The number of hydrogen-bond acceptors (Lipinski definition) is 2. The van der Waals surface area contributed by atoms with Gasteiger partial charge in [0.2, 0.25) is 5.91 Å². The van der Waals surface area contributed by atoms with Gasteiger partial charge in [-0.1, -0.05) is 46.3 Å². The van der Waals surface area contributed by atoms with E-state index in [0.717, 1.165) is 15.2 Å². The van der Waals surface area contributed by atoms with Gasteiger partial charge in [-0.3, -0.25) is 4.79 Å². The Morgan fingerprint density at radius 3 is 2.65 bits per heavy atom. The number of benzene rings is 2. The lowest BCUT2D eigenvalue weighted by Crippen LogP contribution is -2.55. The fourth-order valence-electron chi connectivity index (χ4n) is 2.97. The zero-order valence-electron chi connectivity index (χ0n) is 12.8. The van der Waals surface area contributed by atoms with E-state index in [4.69, 9.17) is 0 Å². The number of anilines is 1. The van der Waals surface area contributed by atoms with E-state index in [1.807, 2.05) is 36.4 Å². The third-order valence-electron chi connectivity index (χ3n) is 4.23. The molecule has 0 radical (unpaired) electrons. The van der Waals surface area contributed by atoms with Crippen LogP contribution >= 0.6 is 15.9 Å². The molecule has 3 amide bonds. The highest BCUT2D eigenvalue weighted by Gasteiger charge is 2.37. The van der Waals surface area contributed by atoms with Crippen molar-refractivity contribution in [1.82, 2.24) is 4.90 Å². The van der Waals surface area contributed by atoms with Crippen molar-refractivity contribution in [3.8, 4) is 0 Å². The molecule has 1 unspecified atom stereocenters. The Hall–Kier alpha value is -2.14. The highest BCUT2D eigenvalue weighted by Crippen LogP contribution is 2.34. The van der Waals surface area contributed by atoms with E-state index in [2.05, 4.69) is 22.5 Å². The average Bonchev–Trinajstić information content (AvgIpc) is 2.53. The number of rotatable bonds is 3. The van der Waals surface area contributed by atoms with E-state index in [1.165, 1.54) is 4.90 Å². The number of amides is 3. The highest BCUT2D eigenvalue weighted by molar-refractivity contribution is 9.10. The van der Waals surface area contributed by atoms with Crippen LogP contribution in [-0.2, 0) is 4.79 Å². The Balaban J connectivity index is 2.09. The maximum atomic E-state index is 12.7. The number of carbonyl (C=O) groups excluding carboxylic acids is 2. The Labute approximate surface area is 143 Å². The molecular formula is C18H17BrN2O2. The summed E-state index contributed by atoms with van der Waals surface area (Å²) >= 11 is 3.52. The van der Waals surface area contributed by atoms with Gasteiger partial charge < -0.3 is 4.90 Å². The van der Waals surface area contributed by atoms with Crippen molar-refractivity contribution in [2.45, 2.75) is 18.9 Å². The van der Waals surface area contributed by atoms with Gasteiger partial charge in [-0.05, 0) is 23.9 Å². The standard InChI is InChI=1S/C18H17BrN2O2/c1-3-6-12-11-17(22)21(18(23)20(12)2)16-10-5-7-13-14(16)8-4-9-15(13)19/h3-5,7-10,12H,1,6,11H2,2H3. The number of fused-ring (bicyclic) bond motifs is 1. The Morgan fingerprint density at radius 1 is 1.22 bits per heavy atom. The van der Waals surface area contributed by atoms with Crippen molar-refractivity contribution >= 4 is 44.3 Å². The number of carbonyl (C=O) groups is 2. The van der Waals surface area contributed by atoms with Crippen LogP contribution in [0.2, 0.25) is 0 Å². The highest BCUT2D eigenvalue weighted by atomic mass is 79.9. The summed E-state index contributed by atoms with van der Waals surface area (Å²) < 4.78 is 0.937. The molecule has 0 aromatic heterocycles. The molecule has 118 valence electrons. The molecule has 0 aliphatic carbocycles. The quantitative estimate of drug-likeness (QED) is 0.752. The van der Waals surface area contributed by atoms with Gasteiger partial charge in [-0.25, -0.2) is 9.69 Å². The largest absolute Gasteiger partial charge is 0.331 e. The average molecular weight is 373 g/mol. The second kappa shape index (κ2) is 6.16. The summed E-state index contributed by atoms with van der Waals surface area (Å²) in [5, 5.41) is 1.85. The van der Waals surface area contributed by atoms with E-state index >= 15 is 0 Å². The summed E-state index contributed by atoms with van der Waals surface area (Å²) in [6.45, 7) is 3.70. The van der Waals surface area contributed by atoms with Crippen molar-refractivity contribution in [1.29, 1.82) is 0 Å². The number of urea groups is 1. The molecule has 2 aromatic carbocycles. The molecule has 1 atom stereocenters. The van der Waals surface area contributed by atoms with Gasteiger partial charge >= 0.3 is 6.03 Å². The summed E-state index contributed by atoms with van der Waals surface area (Å²) in [6.07, 6.45) is 2.66. The first-order chi connectivity index (χ1) is 11.0. The lowest BCUT2D eigenvalue weighted by molar-refractivity contribution is -0.120. The molecule has 4 nitrogen and oxygen atoms in total. The van der Waals surface area contributed by atoms with E-state index < -0.39 is 0 Å². The van der Waals surface area contributed by atoms with Gasteiger partial charge in [0.15, 0.2) is 0 Å². The first kappa shape index (κ1) is 15.7. The molecule has 23 heavy (non-hydrogen) atoms. The molecular weight excluding hydrogens is 356 g/mol. The van der Waals surface area contributed by atoms with Gasteiger partial charge in [-0.15, -0.1) is 6.58 Å². The second-order valence-corrected chi connectivity index (χ2v) is 6.47. The Morgan fingerprint density at radius 2 is 1.91 bits per heavy atom. The molecule has 0 spiro atoms. The predicted octanol–water partition coefficient (Wildman–Crippen LogP) is 4.34. The molecule has 1 aliphatic heterocycles.